The summed E-state index contributed by atoms with van der Waals surface area (Å²) in [7, 11) is -2.35. The third-order valence-corrected chi connectivity index (χ3v) is 5.55. The highest BCUT2D eigenvalue weighted by Gasteiger charge is 2.16. The van der Waals surface area contributed by atoms with Crippen molar-refractivity contribution in [1.82, 2.24) is 10.0 Å². The second-order valence-corrected chi connectivity index (χ2v) is 7.99. The van der Waals surface area contributed by atoms with E-state index in [-0.39, 0.29) is 29.5 Å². The van der Waals surface area contributed by atoms with Crippen LogP contribution in [0.15, 0.2) is 47.4 Å². The summed E-state index contributed by atoms with van der Waals surface area (Å²) in [4.78, 5) is 12.1. The molecule has 1 unspecified atom stereocenters. The van der Waals surface area contributed by atoms with Crippen molar-refractivity contribution in [3.05, 3.63) is 58.9 Å². The maximum Gasteiger partial charge on any atom is 0.240 e. The zero-order chi connectivity index (χ0) is 20.0. The number of carbonyl (C=O) groups is 1. The minimum absolute atomic E-state index is 0.0597. The number of hydrogen-bond donors (Lipinski definition) is 2. The van der Waals surface area contributed by atoms with Gasteiger partial charge in [0.2, 0.25) is 15.9 Å². The molecule has 2 aromatic carbocycles. The van der Waals surface area contributed by atoms with Crippen molar-refractivity contribution in [2.45, 2.75) is 24.3 Å². The average Bonchev–Trinajstić information content (AvgIpc) is 2.61. The highest BCUT2D eigenvalue weighted by atomic mass is 35.5. The predicted octanol–water partition coefficient (Wildman–Crippen LogP) is 3.03. The Morgan fingerprint density at radius 3 is 2.48 bits per heavy atom. The number of hydrogen-bond acceptors (Lipinski definition) is 4. The van der Waals surface area contributed by atoms with Crippen LogP contribution in [-0.4, -0.2) is 28.0 Å². The number of amides is 1. The molecule has 1 amide bonds. The van der Waals surface area contributed by atoms with Crippen molar-refractivity contribution in [3.63, 3.8) is 0 Å². The van der Waals surface area contributed by atoms with Gasteiger partial charge in [0, 0.05) is 18.0 Å². The van der Waals surface area contributed by atoms with Crippen molar-refractivity contribution < 1.29 is 22.3 Å². The van der Waals surface area contributed by atoms with E-state index in [0.29, 0.717) is 10.6 Å². The van der Waals surface area contributed by atoms with Crippen molar-refractivity contribution >= 4 is 27.5 Å². The zero-order valence-electron chi connectivity index (χ0n) is 14.8. The molecule has 0 radical (unpaired) electrons. The van der Waals surface area contributed by atoms with Gasteiger partial charge in [-0.15, -0.1) is 0 Å². The third-order valence-electron chi connectivity index (χ3n) is 3.82. The molecule has 1 atom stereocenters. The number of halogens is 2. The van der Waals surface area contributed by atoms with Crippen LogP contribution < -0.4 is 14.8 Å². The molecule has 0 fully saturated rings. The Hall–Kier alpha value is -2.16. The number of carbonyl (C=O) groups excluding carboxylic acids is 1. The average molecular weight is 415 g/mol. The lowest BCUT2D eigenvalue weighted by Gasteiger charge is -2.15. The van der Waals surface area contributed by atoms with E-state index in [9.17, 15) is 17.6 Å². The molecule has 0 heterocycles. The Balaban J connectivity index is 1.87. The van der Waals surface area contributed by atoms with Crippen LogP contribution in [0.25, 0.3) is 0 Å². The smallest absolute Gasteiger partial charge is 0.240 e. The van der Waals surface area contributed by atoms with Crippen molar-refractivity contribution in [1.29, 1.82) is 0 Å². The number of benzene rings is 2. The van der Waals surface area contributed by atoms with Gasteiger partial charge in [0.25, 0.3) is 0 Å². The molecule has 0 spiro atoms. The van der Waals surface area contributed by atoms with Crippen LogP contribution in [-0.2, 0) is 14.8 Å². The molecular weight excluding hydrogens is 395 g/mol. The van der Waals surface area contributed by atoms with Gasteiger partial charge in [-0.3, -0.25) is 4.79 Å². The molecule has 27 heavy (non-hydrogen) atoms. The SMILES string of the molecule is COc1ccc(C(C)NC(=O)CCNS(=O)(=O)c2ccc(Cl)cc2)cc1F. The molecular formula is C18H20ClFN2O4S. The quantitative estimate of drug-likeness (QED) is 0.695. The first-order valence-electron chi connectivity index (χ1n) is 8.11. The van der Waals surface area contributed by atoms with E-state index in [2.05, 4.69) is 10.0 Å². The fourth-order valence-corrected chi connectivity index (χ4v) is 3.50. The van der Waals surface area contributed by atoms with E-state index in [1.807, 2.05) is 0 Å². The molecule has 146 valence electrons. The lowest BCUT2D eigenvalue weighted by molar-refractivity contribution is -0.121. The van der Waals surface area contributed by atoms with Gasteiger partial charge >= 0.3 is 0 Å². The molecule has 2 N–H and O–H groups in total. The van der Waals surface area contributed by atoms with Gasteiger partial charge in [-0.05, 0) is 48.9 Å². The van der Waals surface area contributed by atoms with Gasteiger partial charge in [-0.1, -0.05) is 17.7 Å². The Morgan fingerprint density at radius 1 is 1.22 bits per heavy atom. The molecule has 0 aliphatic rings. The summed E-state index contributed by atoms with van der Waals surface area (Å²) in [6, 6.07) is 9.68. The molecule has 0 saturated carbocycles. The van der Waals surface area contributed by atoms with Gasteiger partial charge in [0.05, 0.1) is 18.0 Å². The summed E-state index contributed by atoms with van der Waals surface area (Å²) in [5, 5.41) is 3.12. The largest absolute Gasteiger partial charge is 0.494 e. The monoisotopic (exact) mass is 414 g/mol. The molecule has 2 rings (SSSR count). The van der Waals surface area contributed by atoms with Crippen LogP contribution in [0.3, 0.4) is 0 Å². The maximum absolute atomic E-state index is 13.7. The Kier molecular flexibility index (Phi) is 7.18. The summed E-state index contributed by atoms with van der Waals surface area (Å²) >= 11 is 5.73. The Bertz CT molecular complexity index is 904. The van der Waals surface area contributed by atoms with Gasteiger partial charge < -0.3 is 10.1 Å². The van der Waals surface area contributed by atoms with Gasteiger partial charge in [0.1, 0.15) is 0 Å². The number of ether oxygens (including phenoxy) is 1. The van der Waals surface area contributed by atoms with Crippen molar-refractivity contribution in [2.75, 3.05) is 13.7 Å². The highest BCUT2D eigenvalue weighted by molar-refractivity contribution is 7.89. The second-order valence-electron chi connectivity index (χ2n) is 5.78. The van der Waals surface area contributed by atoms with Gasteiger partial charge in [-0.2, -0.15) is 0 Å². The molecule has 0 aliphatic carbocycles. The number of rotatable bonds is 8. The fraction of sp³-hybridized carbons (Fsp3) is 0.278. The molecule has 2 aromatic rings. The number of sulfonamides is 1. The molecule has 0 saturated heterocycles. The first kappa shape index (κ1) is 21.1. The third kappa shape index (κ3) is 5.92. The van der Waals surface area contributed by atoms with E-state index in [4.69, 9.17) is 16.3 Å². The van der Waals surface area contributed by atoms with Crippen molar-refractivity contribution in [2.24, 2.45) is 0 Å². The minimum Gasteiger partial charge on any atom is -0.494 e. The summed E-state index contributed by atoms with van der Waals surface area (Å²) in [5.41, 5.74) is 0.573. The standard InChI is InChI=1S/C18H20ClFN2O4S/c1-12(13-3-8-17(26-2)16(20)11-13)22-18(23)9-10-21-27(24,25)15-6-4-14(19)5-7-15/h3-8,11-12,21H,9-10H2,1-2H3,(H,22,23). The predicted molar refractivity (Wildman–Crippen MR) is 101 cm³/mol. The van der Waals surface area contributed by atoms with Gasteiger partial charge in [0.15, 0.2) is 11.6 Å². The number of nitrogens with one attached hydrogen (secondary N) is 2. The lowest BCUT2D eigenvalue weighted by Crippen LogP contribution is -2.32. The lowest BCUT2D eigenvalue weighted by atomic mass is 10.1. The van der Waals surface area contributed by atoms with Crippen molar-refractivity contribution in [3.8, 4) is 5.75 Å². The van der Waals surface area contributed by atoms with Crippen LogP contribution in [0.5, 0.6) is 5.75 Å². The number of methoxy groups -OCH3 is 1. The summed E-state index contributed by atoms with van der Waals surface area (Å²) in [6.07, 6.45) is -0.0597. The van der Waals surface area contributed by atoms with Crippen LogP contribution in [0.1, 0.15) is 24.9 Å². The highest BCUT2D eigenvalue weighted by Crippen LogP contribution is 2.21. The first-order valence-corrected chi connectivity index (χ1v) is 9.97. The molecule has 0 aromatic heterocycles. The van der Waals surface area contributed by atoms with Gasteiger partial charge in [-0.25, -0.2) is 17.5 Å². The summed E-state index contributed by atoms with van der Waals surface area (Å²) < 4.78 is 45.2. The second kappa shape index (κ2) is 9.16. The Morgan fingerprint density at radius 2 is 1.89 bits per heavy atom. The molecule has 0 bridgehead atoms. The van der Waals surface area contributed by atoms with Crippen LogP contribution in [0.2, 0.25) is 5.02 Å². The molecule has 9 heteroatoms. The molecule has 0 aliphatic heterocycles. The van der Waals surface area contributed by atoms with E-state index >= 15 is 0 Å². The van der Waals surface area contributed by atoms with E-state index < -0.39 is 21.9 Å². The fourth-order valence-electron chi connectivity index (χ4n) is 2.34. The topological polar surface area (TPSA) is 84.5 Å². The normalized spacial score (nSPS) is 12.4. The minimum atomic E-state index is -3.72. The van der Waals surface area contributed by atoms with E-state index in [1.165, 1.54) is 43.5 Å². The van der Waals surface area contributed by atoms with E-state index in [0.717, 1.165) is 0 Å². The van der Waals surface area contributed by atoms with E-state index in [1.54, 1.807) is 13.0 Å². The van der Waals surface area contributed by atoms with Crippen LogP contribution in [0, 0.1) is 5.82 Å². The van der Waals surface area contributed by atoms with Crippen LogP contribution in [0.4, 0.5) is 4.39 Å². The zero-order valence-corrected chi connectivity index (χ0v) is 16.4. The maximum atomic E-state index is 13.7. The summed E-state index contributed by atoms with van der Waals surface area (Å²) in [5.74, 6) is -0.766. The molecule has 6 nitrogen and oxygen atoms in total. The Labute approximate surface area is 162 Å². The van der Waals surface area contributed by atoms with Crippen LogP contribution >= 0.6 is 11.6 Å². The first-order chi connectivity index (χ1) is 12.7. The summed E-state index contributed by atoms with van der Waals surface area (Å²) in [6.45, 7) is 1.64.